The van der Waals surface area contributed by atoms with Crippen LogP contribution in [0.3, 0.4) is 0 Å². The molecule has 384 valence electrons. The number of ether oxygens (including phenoxy) is 14. The van der Waals surface area contributed by atoms with Crippen molar-refractivity contribution in [3.63, 3.8) is 0 Å². The Kier molecular flexibility index (Phi) is 19.0. The third kappa shape index (κ3) is 12.3. The zero-order valence-corrected chi connectivity index (χ0v) is 44.2. The van der Waals surface area contributed by atoms with Crippen LogP contribution in [-0.4, -0.2) is 99.5 Å². The van der Waals surface area contributed by atoms with Gasteiger partial charge in [-0.15, -0.1) is 0 Å². The SMILES string of the molecule is COc1cc(C/C(C#Cc2cc(OC)c(OC)c(OC)c2)=C(/Cc2ccc(C#Cc3cc(OC)c(OC)c(OC)c3)c(OC)c2)c2cc(OC)c(OC)c(OC)c2)ccc1C#Cc1cc(OC)c(OC)c(OC)c1. The number of rotatable bonds is 19. The minimum Gasteiger partial charge on any atom is -0.495 e. The number of hydrogen-bond acceptors (Lipinski definition) is 14. The highest BCUT2D eigenvalue weighted by Crippen LogP contribution is 2.43. The van der Waals surface area contributed by atoms with Crippen LogP contribution in [0.25, 0.3) is 5.57 Å². The van der Waals surface area contributed by atoms with Crippen molar-refractivity contribution in [2.45, 2.75) is 12.8 Å². The van der Waals surface area contributed by atoms with Gasteiger partial charge in [-0.1, -0.05) is 47.7 Å². The van der Waals surface area contributed by atoms with Gasteiger partial charge >= 0.3 is 0 Å². The lowest BCUT2D eigenvalue weighted by Crippen LogP contribution is -2.03. The Morgan fingerprint density at radius 3 is 0.905 bits per heavy atom. The predicted octanol–water partition coefficient (Wildman–Crippen LogP) is 9.90. The van der Waals surface area contributed by atoms with Crippen LogP contribution in [0.1, 0.15) is 44.5 Å². The molecule has 0 aliphatic carbocycles. The molecule has 0 aliphatic rings. The van der Waals surface area contributed by atoms with Crippen LogP contribution in [0.2, 0.25) is 0 Å². The van der Waals surface area contributed by atoms with Gasteiger partial charge in [-0.05, 0) is 101 Å². The molecule has 0 fully saturated rings. The molecule has 0 aliphatic heterocycles. The van der Waals surface area contributed by atoms with Gasteiger partial charge in [-0.25, -0.2) is 0 Å². The maximum atomic E-state index is 5.98. The third-order valence-corrected chi connectivity index (χ3v) is 11.7. The lowest BCUT2D eigenvalue weighted by atomic mass is 9.89. The van der Waals surface area contributed by atoms with Gasteiger partial charge in [0.1, 0.15) is 11.5 Å². The van der Waals surface area contributed by atoms with Crippen molar-refractivity contribution in [1.82, 2.24) is 0 Å². The second-order valence-corrected chi connectivity index (χ2v) is 15.8. The number of methoxy groups -OCH3 is 14. The summed E-state index contributed by atoms with van der Waals surface area (Å²) in [6.45, 7) is 0. The lowest BCUT2D eigenvalue weighted by Gasteiger charge is -2.19. The molecule has 74 heavy (non-hydrogen) atoms. The van der Waals surface area contributed by atoms with E-state index in [1.54, 1.807) is 136 Å². The van der Waals surface area contributed by atoms with E-state index in [4.69, 9.17) is 66.3 Å². The highest BCUT2D eigenvalue weighted by Gasteiger charge is 2.21. The molecular weight excluding hydrogens is 945 g/mol. The van der Waals surface area contributed by atoms with Crippen LogP contribution in [0, 0.1) is 35.5 Å². The molecule has 0 heterocycles. The Balaban J connectivity index is 1.56. The zero-order chi connectivity index (χ0) is 53.3. The molecule has 6 aromatic rings. The van der Waals surface area contributed by atoms with Crippen molar-refractivity contribution >= 4 is 5.57 Å². The molecule has 0 saturated carbocycles. The van der Waals surface area contributed by atoms with Gasteiger partial charge in [0, 0.05) is 28.7 Å². The molecule has 6 rings (SSSR count). The molecule has 0 unspecified atom stereocenters. The molecule has 6 aromatic carbocycles. The van der Waals surface area contributed by atoms with E-state index >= 15 is 0 Å². The Morgan fingerprint density at radius 1 is 0.297 bits per heavy atom. The van der Waals surface area contributed by atoms with Gasteiger partial charge in [0.05, 0.1) is 111 Å². The van der Waals surface area contributed by atoms with E-state index < -0.39 is 0 Å². The van der Waals surface area contributed by atoms with Gasteiger partial charge in [0.15, 0.2) is 46.0 Å². The molecule has 14 nitrogen and oxygen atoms in total. The zero-order valence-electron chi connectivity index (χ0n) is 44.2. The number of allylic oxidation sites excluding steroid dienone is 2. The molecule has 0 saturated heterocycles. The van der Waals surface area contributed by atoms with Gasteiger partial charge in [-0.3, -0.25) is 0 Å². The highest BCUT2D eigenvalue weighted by atomic mass is 16.6. The van der Waals surface area contributed by atoms with E-state index in [0.717, 1.165) is 27.8 Å². The number of benzene rings is 6. The van der Waals surface area contributed by atoms with Crippen LogP contribution >= 0.6 is 0 Å². The quantitative estimate of drug-likeness (QED) is 0.0714. The number of hydrogen-bond donors (Lipinski definition) is 0. The van der Waals surface area contributed by atoms with Crippen molar-refractivity contribution in [2.75, 3.05) is 99.5 Å². The molecular formula is C60H60O14. The average Bonchev–Trinajstić information content (AvgIpc) is 3.44. The van der Waals surface area contributed by atoms with Gasteiger partial charge in [0.25, 0.3) is 0 Å². The van der Waals surface area contributed by atoms with Crippen LogP contribution < -0.4 is 66.3 Å². The first kappa shape index (κ1) is 54.3. The molecule has 0 spiro atoms. The Morgan fingerprint density at radius 2 is 0.595 bits per heavy atom. The normalized spacial score (nSPS) is 10.6. The maximum Gasteiger partial charge on any atom is 0.203 e. The predicted molar refractivity (Wildman–Crippen MR) is 284 cm³/mol. The monoisotopic (exact) mass is 1000 g/mol. The van der Waals surface area contributed by atoms with Crippen molar-refractivity contribution in [3.8, 4) is 116 Å². The summed E-state index contributed by atoms with van der Waals surface area (Å²) in [5, 5.41) is 0. The van der Waals surface area contributed by atoms with Crippen molar-refractivity contribution in [2.24, 2.45) is 0 Å². The molecule has 14 heteroatoms. The minimum atomic E-state index is 0.343. The van der Waals surface area contributed by atoms with E-state index in [9.17, 15) is 0 Å². The van der Waals surface area contributed by atoms with Gasteiger partial charge in [-0.2, -0.15) is 0 Å². The van der Waals surface area contributed by atoms with Gasteiger partial charge < -0.3 is 66.3 Å². The summed E-state index contributed by atoms with van der Waals surface area (Å²) in [7, 11) is 22.0. The smallest absolute Gasteiger partial charge is 0.203 e. The average molecular weight is 1010 g/mol. The summed E-state index contributed by atoms with van der Waals surface area (Å²) in [5.41, 5.74) is 7.37. The fourth-order valence-corrected chi connectivity index (χ4v) is 8.06. The standard InChI is InChI=1S/C60H60O14/c1-61-47-27-37(15-20-42(47)22-17-39-29-49(63-3)57(71-11)50(30-39)64-4)25-44(24-19-41-33-53(67-7)59(73-13)54(34-41)68-8)46(45-35-55(69-9)60(74-14)56(36-45)70-10)26-38-16-21-43(48(28-38)62-2)23-18-40-31-51(65-5)58(72-12)52(32-40)66-6/h15-16,20-21,27-36H,25-26H2,1-14H3/b46-44-. The fraction of sp³-hybridized carbons (Fsp3) is 0.267. The lowest BCUT2D eigenvalue weighted by molar-refractivity contribution is 0.324. The minimum absolute atomic E-state index is 0.343. The van der Waals surface area contributed by atoms with Crippen LogP contribution in [0.4, 0.5) is 0 Å². The Hall–Kier alpha value is -9.06. The Labute approximate surface area is 433 Å². The van der Waals surface area contributed by atoms with E-state index in [1.807, 2.05) is 48.5 Å². The van der Waals surface area contributed by atoms with Crippen molar-refractivity contribution in [3.05, 3.63) is 135 Å². The molecule has 0 aromatic heterocycles. The summed E-state index contributed by atoms with van der Waals surface area (Å²) in [6, 6.07) is 26.4. The van der Waals surface area contributed by atoms with E-state index in [2.05, 4.69) is 35.5 Å². The van der Waals surface area contributed by atoms with Crippen LogP contribution in [0.5, 0.6) is 80.5 Å². The summed E-state index contributed by atoms with van der Waals surface area (Å²) >= 11 is 0. The second-order valence-electron chi connectivity index (χ2n) is 15.8. The summed E-state index contributed by atoms with van der Waals surface area (Å²) in [6.07, 6.45) is 0.709. The third-order valence-electron chi connectivity index (χ3n) is 11.7. The first-order valence-corrected chi connectivity index (χ1v) is 22.8. The summed E-state index contributed by atoms with van der Waals surface area (Å²) in [5.74, 6) is 26.7. The maximum absolute atomic E-state index is 5.98. The molecule has 0 bridgehead atoms. The molecule has 0 N–H and O–H groups in total. The first-order chi connectivity index (χ1) is 36.0. The van der Waals surface area contributed by atoms with Crippen molar-refractivity contribution < 1.29 is 66.3 Å². The molecule has 0 radical (unpaired) electrons. The first-order valence-electron chi connectivity index (χ1n) is 22.8. The molecule has 0 amide bonds. The topological polar surface area (TPSA) is 129 Å². The largest absolute Gasteiger partial charge is 0.495 e. The van der Waals surface area contributed by atoms with E-state index in [-0.39, 0.29) is 0 Å². The summed E-state index contributed by atoms with van der Waals surface area (Å²) in [4.78, 5) is 0. The van der Waals surface area contributed by atoms with E-state index in [0.29, 0.717) is 121 Å². The fourth-order valence-electron chi connectivity index (χ4n) is 8.06. The van der Waals surface area contributed by atoms with Crippen LogP contribution in [0.15, 0.2) is 90.5 Å². The van der Waals surface area contributed by atoms with Gasteiger partial charge in [0.2, 0.25) is 23.0 Å². The van der Waals surface area contributed by atoms with E-state index in [1.165, 1.54) is 0 Å². The summed E-state index contributed by atoms with van der Waals surface area (Å²) < 4.78 is 79.9. The van der Waals surface area contributed by atoms with Crippen molar-refractivity contribution in [1.29, 1.82) is 0 Å². The second kappa shape index (κ2) is 25.9. The Bertz CT molecular complexity index is 3110. The van der Waals surface area contributed by atoms with Crippen LogP contribution in [-0.2, 0) is 12.8 Å². The highest BCUT2D eigenvalue weighted by molar-refractivity contribution is 5.79. The molecule has 0 atom stereocenters.